The van der Waals surface area contributed by atoms with Crippen LogP contribution in [-0.2, 0) is 36.7 Å². The molecule has 11 heteroatoms. The van der Waals surface area contributed by atoms with Crippen molar-refractivity contribution in [2.24, 2.45) is 17.3 Å². The first kappa shape index (κ1) is 30.8. The first-order valence-corrected chi connectivity index (χ1v) is 16.3. The van der Waals surface area contributed by atoms with Crippen molar-refractivity contribution in [1.82, 2.24) is 25.1 Å². The molecule has 1 aromatic carbocycles. The van der Waals surface area contributed by atoms with Crippen molar-refractivity contribution in [2.75, 3.05) is 6.54 Å². The summed E-state index contributed by atoms with van der Waals surface area (Å²) in [5.74, 6) is -0.00306. The maximum atomic E-state index is 14.0. The molecule has 5 aliphatic rings. The first-order chi connectivity index (χ1) is 21.1. The van der Waals surface area contributed by atoms with Crippen molar-refractivity contribution in [3.63, 3.8) is 0 Å². The van der Waals surface area contributed by atoms with Gasteiger partial charge in [-0.15, -0.1) is 0 Å². The highest BCUT2D eigenvalue weighted by molar-refractivity contribution is 6.47. The second-order valence-electron chi connectivity index (χ2n) is 14.0. The van der Waals surface area contributed by atoms with Crippen LogP contribution in [-0.4, -0.2) is 75.6 Å². The Morgan fingerprint density at radius 3 is 2.64 bits per heavy atom. The molecule has 1 aromatic heterocycles. The molecule has 5 fully saturated rings. The molecule has 7 rings (SSSR count). The molecule has 2 N–H and O–H groups in total. The largest absolute Gasteiger partial charge is 0.481 e. The van der Waals surface area contributed by atoms with Gasteiger partial charge in [0.15, 0.2) is 0 Å². The fourth-order valence-corrected chi connectivity index (χ4v) is 8.34. The summed E-state index contributed by atoms with van der Waals surface area (Å²) in [6.45, 7) is 9.53. The summed E-state index contributed by atoms with van der Waals surface area (Å²) >= 11 is 0. The third-order valence-electron chi connectivity index (χ3n) is 10.9. The highest BCUT2D eigenvalue weighted by Gasteiger charge is 2.68. The number of imidazole rings is 1. The van der Waals surface area contributed by atoms with E-state index in [1.54, 1.807) is 17.4 Å². The lowest BCUT2D eigenvalue weighted by molar-refractivity contribution is -0.199. The standard InChI is InChI=1S/C33H46BN5O5/c1-22(40)36-25(18-23-10-6-5-7-11-23)31(42)39-16-8-12-26(39)30(41)37-29(13-9-15-38-17-14-35-21-38)34-43-28-20-24-19-27(32(24,2)3)33(28,4)44-34/h5-7,10-11,14,17,21,24-29H,8-9,12-13,15-16,18-20H2,1-4H3,(H,36,40)(H,37,41)/t24?,25-,26?,27?,28-,29+,33+/m1/s1. The average Bonchev–Trinajstić information content (AvgIpc) is 3.75. The Labute approximate surface area is 260 Å². The lowest BCUT2D eigenvalue weighted by Crippen LogP contribution is -2.65. The summed E-state index contributed by atoms with van der Waals surface area (Å²) in [7, 11) is -0.553. The van der Waals surface area contributed by atoms with Crippen molar-refractivity contribution in [2.45, 2.75) is 109 Å². The van der Waals surface area contributed by atoms with Gasteiger partial charge < -0.3 is 29.4 Å². The van der Waals surface area contributed by atoms with Gasteiger partial charge in [-0.1, -0.05) is 44.2 Å². The van der Waals surface area contributed by atoms with Crippen LogP contribution in [0.1, 0.15) is 71.8 Å². The summed E-state index contributed by atoms with van der Waals surface area (Å²) in [4.78, 5) is 45.7. The van der Waals surface area contributed by atoms with E-state index >= 15 is 0 Å². The zero-order chi connectivity index (χ0) is 31.1. The van der Waals surface area contributed by atoms with E-state index in [-0.39, 0.29) is 40.8 Å². The van der Waals surface area contributed by atoms with Gasteiger partial charge in [0.25, 0.3) is 0 Å². The van der Waals surface area contributed by atoms with Gasteiger partial charge in [-0.2, -0.15) is 0 Å². The molecule has 3 saturated carbocycles. The number of aryl methyl sites for hydroxylation is 1. The topological polar surface area (TPSA) is 115 Å². The van der Waals surface area contributed by atoms with Gasteiger partial charge in [0.2, 0.25) is 17.7 Å². The number of nitrogens with one attached hydrogen (secondary N) is 2. The van der Waals surface area contributed by atoms with Gasteiger partial charge in [-0.05, 0) is 68.3 Å². The second-order valence-corrected chi connectivity index (χ2v) is 14.0. The summed E-state index contributed by atoms with van der Waals surface area (Å²) < 4.78 is 15.4. The second kappa shape index (κ2) is 12.3. The van der Waals surface area contributed by atoms with Crippen molar-refractivity contribution in [3.05, 3.63) is 54.6 Å². The van der Waals surface area contributed by atoms with Gasteiger partial charge in [-0.25, -0.2) is 4.98 Å². The van der Waals surface area contributed by atoms with Crippen molar-refractivity contribution in [3.8, 4) is 0 Å². The Balaban J connectivity index is 1.16. The number of likely N-dealkylation sites (tertiary alicyclic amines) is 1. The van der Waals surface area contributed by atoms with Gasteiger partial charge in [0.05, 0.1) is 24.0 Å². The average molecular weight is 604 g/mol. The third kappa shape index (κ3) is 5.93. The fourth-order valence-electron chi connectivity index (χ4n) is 8.34. The molecule has 2 aliphatic heterocycles. The smallest absolute Gasteiger partial charge is 0.404 e. The monoisotopic (exact) mass is 603 g/mol. The Bertz CT molecular complexity index is 1340. The van der Waals surface area contributed by atoms with Crippen LogP contribution in [0.15, 0.2) is 49.1 Å². The lowest BCUT2D eigenvalue weighted by Gasteiger charge is -2.64. The molecule has 0 spiro atoms. The van der Waals surface area contributed by atoms with Gasteiger partial charge >= 0.3 is 7.12 Å². The lowest BCUT2D eigenvalue weighted by atomic mass is 9.43. The zero-order valence-corrected chi connectivity index (χ0v) is 26.4. The Kier molecular flexibility index (Phi) is 8.63. The molecule has 2 saturated heterocycles. The Morgan fingerprint density at radius 1 is 1.14 bits per heavy atom. The number of hydrogen-bond acceptors (Lipinski definition) is 6. The summed E-state index contributed by atoms with van der Waals surface area (Å²) in [6.07, 6.45) is 10.8. The summed E-state index contributed by atoms with van der Waals surface area (Å²) in [5, 5.41) is 6.11. The van der Waals surface area contributed by atoms with Crippen LogP contribution in [0, 0.1) is 17.3 Å². The maximum absolute atomic E-state index is 14.0. The molecule has 2 bridgehead atoms. The highest BCUT2D eigenvalue weighted by Crippen LogP contribution is 2.65. The number of hydrogen-bond donors (Lipinski definition) is 2. The van der Waals surface area contributed by atoms with Crippen LogP contribution >= 0.6 is 0 Å². The number of rotatable bonds is 11. The van der Waals surface area contributed by atoms with E-state index in [2.05, 4.69) is 36.4 Å². The molecule has 3 unspecified atom stereocenters. The van der Waals surface area contributed by atoms with Crippen LogP contribution < -0.4 is 10.6 Å². The molecule has 10 nitrogen and oxygen atoms in total. The normalized spacial score (nSPS) is 29.8. The summed E-state index contributed by atoms with van der Waals surface area (Å²) in [6, 6.07) is 8.27. The van der Waals surface area contributed by atoms with Crippen LogP contribution in [0.2, 0.25) is 0 Å². The van der Waals surface area contributed by atoms with E-state index in [0.717, 1.165) is 37.8 Å². The molecule has 0 radical (unpaired) electrons. The molecule has 3 amide bonds. The van der Waals surface area contributed by atoms with E-state index in [4.69, 9.17) is 9.31 Å². The first-order valence-electron chi connectivity index (χ1n) is 16.3. The van der Waals surface area contributed by atoms with Crippen LogP contribution in [0.5, 0.6) is 0 Å². The number of carbonyl (C=O) groups excluding carboxylic acids is 3. The number of benzene rings is 1. The van der Waals surface area contributed by atoms with Crippen molar-refractivity contribution in [1.29, 1.82) is 0 Å². The van der Waals surface area contributed by atoms with Crippen molar-refractivity contribution >= 4 is 24.8 Å². The zero-order valence-electron chi connectivity index (χ0n) is 26.4. The number of carbonyl (C=O) groups is 3. The van der Waals surface area contributed by atoms with Crippen LogP contribution in [0.25, 0.3) is 0 Å². The number of aromatic nitrogens is 2. The molecule has 2 aromatic rings. The molecule has 3 aliphatic carbocycles. The molecular formula is C33H46BN5O5. The number of amides is 3. The number of nitrogens with zero attached hydrogens (tertiary/aromatic N) is 3. The van der Waals surface area contributed by atoms with E-state index in [0.29, 0.717) is 37.6 Å². The van der Waals surface area contributed by atoms with Crippen LogP contribution in [0.4, 0.5) is 0 Å². The maximum Gasteiger partial charge on any atom is 0.481 e. The van der Waals surface area contributed by atoms with E-state index in [1.165, 1.54) is 6.92 Å². The Morgan fingerprint density at radius 2 is 1.93 bits per heavy atom. The quantitative estimate of drug-likeness (QED) is 0.382. The van der Waals surface area contributed by atoms with Gasteiger partial charge in [0, 0.05) is 38.8 Å². The van der Waals surface area contributed by atoms with Gasteiger partial charge in [-0.3, -0.25) is 14.4 Å². The van der Waals surface area contributed by atoms with Crippen molar-refractivity contribution < 1.29 is 23.7 Å². The van der Waals surface area contributed by atoms with E-state index in [9.17, 15) is 14.4 Å². The fraction of sp³-hybridized carbons (Fsp3) is 0.636. The molecule has 44 heavy (non-hydrogen) atoms. The SMILES string of the molecule is CC(=O)N[C@H](Cc1ccccc1)C(=O)N1CCCC1C(=O)N[C@@H](CCCn1ccnc1)B1O[C@@H]2CC3CC(C3(C)C)[C@]2(C)O1. The molecule has 236 valence electrons. The predicted octanol–water partition coefficient (Wildman–Crippen LogP) is 3.15. The van der Waals surface area contributed by atoms with Crippen LogP contribution in [0.3, 0.4) is 0 Å². The minimum Gasteiger partial charge on any atom is -0.404 e. The summed E-state index contributed by atoms with van der Waals surface area (Å²) in [5.41, 5.74) is 0.789. The molecule has 7 atom stereocenters. The van der Waals surface area contributed by atoms with Gasteiger partial charge in [0.1, 0.15) is 12.1 Å². The Hall–Kier alpha value is -3.18. The minimum atomic E-state index is -0.742. The molecular weight excluding hydrogens is 557 g/mol. The highest BCUT2D eigenvalue weighted by atomic mass is 16.7. The van der Waals surface area contributed by atoms with E-state index in [1.807, 2.05) is 41.1 Å². The molecule has 3 heterocycles. The predicted molar refractivity (Wildman–Crippen MR) is 166 cm³/mol. The third-order valence-corrected chi connectivity index (χ3v) is 10.9. The minimum absolute atomic E-state index is 0.0123. The van der Waals surface area contributed by atoms with E-state index < -0.39 is 19.2 Å².